The lowest BCUT2D eigenvalue weighted by Crippen LogP contribution is -2.61. The van der Waals surface area contributed by atoms with Gasteiger partial charge in [-0.15, -0.1) is 0 Å². The van der Waals surface area contributed by atoms with Crippen molar-refractivity contribution in [2.24, 2.45) is 11.8 Å². The maximum atomic E-state index is 13.1. The van der Waals surface area contributed by atoms with E-state index in [1.807, 2.05) is 25.7 Å². The van der Waals surface area contributed by atoms with Crippen LogP contribution in [0.25, 0.3) is 0 Å². The molecule has 9 heteroatoms. The first-order chi connectivity index (χ1) is 13.8. The van der Waals surface area contributed by atoms with Gasteiger partial charge in [-0.3, -0.25) is 14.4 Å². The van der Waals surface area contributed by atoms with E-state index in [0.29, 0.717) is 26.1 Å². The number of ether oxygens (including phenoxy) is 1. The van der Waals surface area contributed by atoms with Crippen molar-refractivity contribution in [3.05, 3.63) is 0 Å². The largest absolute Gasteiger partial charge is 0.465 e. The molecule has 1 saturated heterocycles. The van der Waals surface area contributed by atoms with Crippen LogP contribution in [0.2, 0.25) is 0 Å². The van der Waals surface area contributed by atoms with Crippen LogP contribution < -0.4 is 10.6 Å². The van der Waals surface area contributed by atoms with Gasteiger partial charge in [0, 0.05) is 31.6 Å². The molecule has 2 rings (SSSR count). The highest BCUT2D eigenvalue weighted by atomic mass is 16.5. The molecular weight excluding hydrogens is 376 g/mol. The number of hydrogen-bond donors (Lipinski definition) is 2. The zero-order valence-corrected chi connectivity index (χ0v) is 17.9. The summed E-state index contributed by atoms with van der Waals surface area (Å²) in [5, 5.41) is 5.15. The second-order valence-corrected chi connectivity index (χ2v) is 7.93. The van der Waals surface area contributed by atoms with E-state index < -0.39 is 18.0 Å². The van der Waals surface area contributed by atoms with Crippen LogP contribution in [0.1, 0.15) is 47.0 Å². The number of esters is 1. The zero-order chi connectivity index (χ0) is 21.6. The third-order valence-corrected chi connectivity index (χ3v) is 5.61. The van der Waals surface area contributed by atoms with E-state index in [-0.39, 0.29) is 42.8 Å². The van der Waals surface area contributed by atoms with Crippen molar-refractivity contribution in [2.75, 3.05) is 32.8 Å². The molecule has 2 N–H and O–H groups in total. The molecule has 164 valence electrons. The summed E-state index contributed by atoms with van der Waals surface area (Å²) in [5.41, 5.74) is 0. The summed E-state index contributed by atoms with van der Waals surface area (Å²) in [6.45, 7) is 8.93. The van der Waals surface area contributed by atoms with Crippen LogP contribution in [0.5, 0.6) is 0 Å². The number of amides is 4. The van der Waals surface area contributed by atoms with E-state index in [4.69, 9.17) is 4.74 Å². The Bertz CT molecular complexity index is 622. The van der Waals surface area contributed by atoms with Crippen molar-refractivity contribution in [3.8, 4) is 0 Å². The molecule has 29 heavy (non-hydrogen) atoms. The van der Waals surface area contributed by atoms with E-state index >= 15 is 0 Å². The Kier molecular flexibility index (Phi) is 8.28. The number of carbonyl (C=O) groups excluding carboxylic acids is 4. The Hall–Kier alpha value is -2.32. The summed E-state index contributed by atoms with van der Waals surface area (Å²) < 4.78 is 4.78. The first kappa shape index (κ1) is 23.0. The maximum absolute atomic E-state index is 13.1. The summed E-state index contributed by atoms with van der Waals surface area (Å²) in [4.78, 5) is 52.7. The van der Waals surface area contributed by atoms with Gasteiger partial charge in [-0.2, -0.15) is 0 Å². The standard InChI is InChI=1S/C20H34N4O5/c1-5-13(3)17(22-20(28)21-11-16(25)29-6-2)19(27)23-9-10-24(14(4)12-23)18(26)15-7-8-15/h13-15,17H,5-12H2,1-4H3,(H2,21,22,28). The Morgan fingerprint density at radius 3 is 2.38 bits per heavy atom. The second-order valence-electron chi connectivity index (χ2n) is 7.93. The van der Waals surface area contributed by atoms with Crippen LogP contribution in [0.4, 0.5) is 4.79 Å². The van der Waals surface area contributed by atoms with E-state index in [1.54, 1.807) is 11.8 Å². The minimum Gasteiger partial charge on any atom is -0.465 e. The van der Waals surface area contributed by atoms with Crippen molar-refractivity contribution < 1.29 is 23.9 Å². The molecule has 0 aromatic carbocycles. The smallest absolute Gasteiger partial charge is 0.325 e. The van der Waals surface area contributed by atoms with Crippen molar-refractivity contribution in [1.82, 2.24) is 20.4 Å². The van der Waals surface area contributed by atoms with Crippen LogP contribution in [0.3, 0.4) is 0 Å². The summed E-state index contributed by atoms with van der Waals surface area (Å²) in [7, 11) is 0. The monoisotopic (exact) mass is 410 g/mol. The number of urea groups is 1. The molecule has 3 atom stereocenters. The molecule has 0 aromatic rings. The fourth-order valence-electron chi connectivity index (χ4n) is 3.49. The lowest BCUT2D eigenvalue weighted by molar-refractivity contribution is -0.144. The Morgan fingerprint density at radius 1 is 1.14 bits per heavy atom. The van der Waals surface area contributed by atoms with Gasteiger partial charge in [-0.25, -0.2) is 4.79 Å². The van der Waals surface area contributed by atoms with Crippen LogP contribution in [0.15, 0.2) is 0 Å². The molecular formula is C20H34N4O5. The topological polar surface area (TPSA) is 108 Å². The highest BCUT2D eigenvalue weighted by molar-refractivity contribution is 5.89. The van der Waals surface area contributed by atoms with Crippen LogP contribution in [-0.2, 0) is 19.1 Å². The third-order valence-electron chi connectivity index (χ3n) is 5.61. The fourth-order valence-corrected chi connectivity index (χ4v) is 3.49. The summed E-state index contributed by atoms with van der Waals surface area (Å²) in [5.74, 6) is -0.399. The SMILES string of the molecule is CCOC(=O)CNC(=O)NC(C(=O)N1CCN(C(=O)C2CC2)C(C)C1)C(C)CC. The van der Waals surface area contributed by atoms with Gasteiger partial charge >= 0.3 is 12.0 Å². The van der Waals surface area contributed by atoms with E-state index in [2.05, 4.69) is 10.6 Å². The Balaban J connectivity index is 1.93. The predicted octanol–water partition coefficient (Wildman–Crippen LogP) is 0.733. The van der Waals surface area contributed by atoms with Gasteiger partial charge < -0.3 is 25.2 Å². The number of nitrogens with one attached hydrogen (secondary N) is 2. The molecule has 2 fully saturated rings. The molecule has 0 radical (unpaired) electrons. The minimum atomic E-state index is -0.694. The molecule has 1 aliphatic carbocycles. The molecule has 0 spiro atoms. The quantitative estimate of drug-likeness (QED) is 0.574. The van der Waals surface area contributed by atoms with Crippen molar-refractivity contribution in [1.29, 1.82) is 0 Å². The average molecular weight is 411 g/mol. The van der Waals surface area contributed by atoms with Gasteiger partial charge in [0.2, 0.25) is 11.8 Å². The number of hydrogen-bond acceptors (Lipinski definition) is 5. The third kappa shape index (κ3) is 6.33. The fraction of sp³-hybridized carbons (Fsp3) is 0.800. The highest BCUT2D eigenvalue weighted by Gasteiger charge is 2.39. The minimum absolute atomic E-state index is 0.0453. The number of piperazine rings is 1. The van der Waals surface area contributed by atoms with Crippen molar-refractivity contribution in [3.63, 3.8) is 0 Å². The van der Waals surface area contributed by atoms with Gasteiger partial charge in [0.05, 0.1) is 6.61 Å². The summed E-state index contributed by atoms with van der Waals surface area (Å²) in [6, 6.07) is -1.32. The molecule has 0 bridgehead atoms. The Labute approximate surface area is 172 Å². The molecule has 1 aliphatic heterocycles. The molecule has 1 saturated carbocycles. The van der Waals surface area contributed by atoms with E-state index in [0.717, 1.165) is 12.8 Å². The second kappa shape index (κ2) is 10.5. The maximum Gasteiger partial charge on any atom is 0.325 e. The van der Waals surface area contributed by atoms with Gasteiger partial charge in [0.1, 0.15) is 12.6 Å². The van der Waals surface area contributed by atoms with Crippen molar-refractivity contribution >= 4 is 23.8 Å². The number of rotatable bonds is 8. The number of nitrogens with zero attached hydrogens (tertiary/aromatic N) is 2. The predicted molar refractivity (Wildman–Crippen MR) is 107 cm³/mol. The van der Waals surface area contributed by atoms with E-state index in [1.165, 1.54) is 0 Å². The first-order valence-corrected chi connectivity index (χ1v) is 10.6. The molecule has 4 amide bonds. The normalized spacial score (nSPS) is 21.2. The number of carbonyl (C=O) groups is 4. The summed E-state index contributed by atoms with van der Waals surface area (Å²) >= 11 is 0. The van der Waals surface area contributed by atoms with Gasteiger partial charge in [-0.05, 0) is 32.6 Å². The van der Waals surface area contributed by atoms with Crippen LogP contribution >= 0.6 is 0 Å². The molecule has 9 nitrogen and oxygen atoms in total. The molecule has 0 aromatic heterocycles. The van der Waals surface area contributed by atoms with Crippen LogP contribution in [0, 0.1) is 11.8 Å². The molecule has 3 unspecified atom stereocenters. The molecule has 2 aliphatic rings. The van der Waals surface area contributed by atoms with Gasteiger partial charge in [0.15, 0.2) is 0 Å². The van der Waals surface area contributed by atoms with E-state index in [9.17, 15) is 19.2 Å². The van der Waals surface area contributed by atoms with Crippen LogP contribution in [-0.4, -0.2) is 78.5 Å². The zero-order valence-electron chi connectivity index (χ0n) is 17.9. The first-order valence-electron chi connectivity index (χ1n) is 10.6. The molecule has 1 heterocycles. The highest BCUT2D eigenvalue weighted by Crippen LogP contribution is 2.32. The Morgan fingerprint density at radius 2 is 1.83 bits per heavy atom. The van der Waals surface area contributed by atoms with Crippen molar-refractivity contribution in [2.45, 2.75) is 59.0 Å². The lowest BCUT2D eigenvalue weighted by atomic mass is 9.97. The summed E-state index contributed by atoms with van der Waals surface area (Å²) in [6.07, 6.45) is 2.64. The average Bonchev–Trinajstić information content (AvgIpc) is 3.54. The van der Waals surface area contributed by atoms with Gasteiger partial charge in [-0.1, -0.05) is 20.3 Å². The van der Waals surface area contributed by atoms with Gasteiger partial charge in [0.25, 0.3) is 0 Å². The lowest BCUT2D eigenvalue weighted by Gasteiger charge is -2.41.